The molecule has 2 unspecified atom stereocenters. The highest BCUT2D eigenvalue weighted by atomic mass is 32.2. The van der Waals surface area contributed by atoms with E-state index in [0.717, 1.165) is 18.8 Å². The number of rotatable bonds is 3. The molecule has 0 aromatic rings. The molecule has 2 fully saturated rings. The van der Waals surface area contributed by atoms with E-state index in [1.165, 1.54) is 44.3 Å². The molecule has 0 aromatic heterocycles. The fourth-order valence-electron chi connectivity index (χ4n) is 3.05. The summed E-state index contributed by atoms with van der Waals surface area (Å²) in [5.41, 5.74) is 0. The molecule has 0 N–H and O–H groups in total. The van der Waals surface area contributed by atoms with Gasteiger partial charge in [-0.1, -0.05) is 19.3 Å². The van der Waals surface area contributed by atoms with Crippen molar-refractivity contribution in [1.82, 2.24) is 0 Å². The van der Waals surface area contributed by atoms with Crippen molar-refractivity contribution in [3.05, 3.63) is 0 Å². The molecule has 2 aliphatic carbocycles. The summed E-state index contributed by atoms with van der Waals surface area (Å²) in [5.74, 6) is 2.85. The Morgan fingerprint density at radius 1 is 1.13 bits per heavy atom. The third-order valence-electron chi connectivity index (χ3n) is 3.96. The number of Topliss-reactive ketones (excluding diaryl/α,β-unsaturated/α-hetero) is 1. The van der Waals surface area contributed by atoms with Crippen molar-refractivity contribution >= 4 is 16.7 Å². The van der Waals surface area contributed by atoms with E-state index < -0.39 is 0 Å². The van der Waals surface area contributed by atoms with Crippen LogP contribution >= 0.6 is 0 Å². The van der Waals surface area contributed by atoms with Gasteiger partial charge in [0.15, 0.2) is 11.0 Å². The summed E-state index contributed by atoms with van der Waals surface area (Å²) < 4.78 is 0. The zero-order chi connectivity index (χ0) is 10.7. The molecule has 15 heavy (non-hydrogen) atoms. The van der Waals surface area contributed by atoms with E-state index >= 15 is 0 Å². The van der Waals surface area contributed by atoms with Gasteiger partial charge in [0.2, 0.25) is 0 Å². The zero-order valence-electron chi connectivity index (χ0n) is 9.84. The maximum atomic E-state index is 11.7. The lowest BCUT2D eigenvalue weighted by atomic mass is 9.91. The summed E-state index contributed by atoms with van der Waals surface area (Å²) in [5, 5.41) is 0.451. The van der Waals surface area contributed by atoms with E-state index in [2.05, 4.69) is 6.26 Å². The molecule has 0 saturated heterocycles. The van der Waals surface area contributed by atoms with Gasteiger partial charge in [-0.15, -0.1) is 0 Å². The number of carbonyl (C=O) groups is 1. The van der Waals surface area contributed by atoms with Crippen LogP contribution < -0.4 is 0 Å². The SMILES string of the molecule is C[S+](CC1CCCCC1)C1CCCC1=O. The standard InChI is InChI=1S/C13H23OS/c1-15(13-9-5-8-12(13)14)10-11-6-3-2-4-7-11/h11,13H,2-10H2,1H3/q+1. The van der Waals surface area contributed by atoms with Crippen LogP contribution in [0.5, 0.6) is 0 Å². The highest BCUT2D eigenvalue weighted by molar-refractivity contribution is 7.97. The van der Waals surface area contributed by atoms with Crippen molar-refractivity contribution < 1.29 is 4.79 Å². The minimum absolute atomic E-state index is 0.377. The summed E-state index contributed by atoms with van der Waals surface area (Å²) >= 11 is 0. The third-order valence-corrected chi connectivity index (χ3v) is 6.42. The van der Waals surface area contributed by atoms with Crippen LogP contribution in [0.4, 0.5) is 0 Å². The first-order valence-corrected chi connectivity index (χ1v) is 8.28. The summed E-state index contributed by atoms with van der Waals surface area (Å²) in [4.78, 5) is 11.7. The normalized spacial score (nSPS) is 30.7. The summed E-state index contributed by atoms with van der Waals surface area (Å²) in [7, 11) is 0.377. The fraction of sp³-hybridized carbons (Fsp3) is 0.923. The quantitative estimate of drug-likeness (QED) is 0.678. The van der Waals surface area contributed by atoms with E-state index in [0.29, 0.717) is 21.9 Å². The van der Waals surface area contributed by atoms with Crippen molar-refractivity contribution in [2.45, 2.75) is 56.6 Å². The van der Waals surface area contributed by atoms with Gasteiger partial charge in [-0.3, -0.25) is 4.79 Å². The van der Waals surface area contributed by atoms with Gasteiger partial charge in [0.25, 0.3) is 0 Å². The summed E-state index contributed by atoms with van der Waals surface area (Å²) in [6.45, 7) is 0. The Hall–Kier alpha value is 0.0200. The Balaban J connectivity index is 1.80. The fourth-order valence-corrected chi connectivity index (χ4v) is 5.50. The van der Waals surface area contributed by atoms with E-state index in [1.807, 2.05) is 0 Å². The molecule has 0 bridgehead atoms. The Kier molecular flexibility index (Phi) is 4.13. The van der Waals surface area contributed by atoms with Crippen molar-refractivity contribution in [2.24, 2.45) is 5.92 Å². The molecule has 2 aliphatic rings. The molecule has 0 heterocycles. The van der Waals surface area contributed by atoms with Gasteiger partial charge in [0.1, 0.15) is 5.75 Å². The molecular formula is C13H23OS+. The predicted octanol–water partition coefficient (Wildman–Crippen LogP) is 2.94. The van der Waals surface area contributed by atoms with Crippen LogP contribution in [0, 0.1) is 5.92 Å². The van der Waals surface area contributed by atoms with Crippen molar-refractivity contribution in [3.63, 3.8) is 0 Å². The highest BCUT2D eigenvalue weighted by Crippen LogP contribution is 2.29. The molecule has 86 valence electrons. The average Bonchev–Trinajstić information content (AvgIpc) is 2.66. The molecule has 0 spiro atoms. The molecule has 2 atom stereocenters. The molecular weight excluding hydrogens is 204 g/mol. The zero-order valence-corrected chi connectivity index (χ0v) is 10.7. The Morgan fingerprint density at radius 2 is 1.87 bits per heavy atom. The molecule has 2 saturated carbocycles. The largest absolute Gasteiger partial charge is 0.294 e. The maximum Gasteiger partial charge on any atom is 0.184 e. The topological polar surface area (TPSA) is 17.1 Å². The monoisotopic (exact) mass is 227 g/mol. The predicted molar refractivity (Wildman–Crippen MR) is 67.4 cm³/mol. The lowest BCUT2D eigenvalue weighted by Gasteiger charge is -2.21. The van der Waals surface area contributed by atoms with Crippen LogP contribution in [0.25, 0.3) is 0 Å². The number of carbonyl (C=O) groups excluding carboxylic acids is 1. The van der Waals surface area contributed by atoms with Gasteiger partial charge < -0.3 is 0 Å². The second kappa shape index (κ2) is 5.38. The minimum Gasteiger partial charge on any atom is -0.294 e. The number of hydrogen-bond donors (Lipinski definition) is 0. The lowest BCUT2D eigenvalue weighted by molar-refractivity contribution is -0.117. The lowest BCUT2D eigenvalue weighted by Crippen LogP contribution is -2.30. The van der Waals surface area contributed by atoms with E-state index in [1.54, 1.807) is 0 Å². The Labute approximate surface area is 96.4 Å². The van der Waals surface area contributed by atoms with Crippen molar-refractivity contribution in [3.8, 4) is 0 Å². The maximum absolute atomic E-state index is 11.7. The first kappa shape index (κ1) is 11.5. The van der Waals surface area contributed by atoms with Crippen LogP contribution in [0.3, 0.4) is 0 Å². The number of ketones is 1. The van der Waals surface area contributed by atoms with Gasteiger partial charge in [0, 0.05) is 18.8 Å². The van der Waals surface area contributed by atoms with Gasteiger partial charge in [-0.2, -0.15) is 0 Å². The molecule has 1 nitrogen and oxygen atoms in total. The van der Waals surface area contributed by atoms with Crippen LogP contribution in [0.1, 0.15) is 51.4 Å². The van der Waals surface area contributed by atoms with Gasteiger partial charge in [0.05, 0.1) is 6.26 Å². The van der Waals surface area contributed by atoms with Crippen molar-refractivity contribution in [1.29, 1.82) is 0 Å². The first-order chi connectivity index (χ1) is 7.27. The van der Waals surface area contributed by atoms with Crippen LogP contribution in [-0.2, 0) is 15.7 Å². The molecule has 0 aliphatic heterocycles. The molecule has 0 radical (unpaired) electrons. The van der Waals surface area contributed by atoms with E-state index in [9.17, 15) is 4.79 Å². The summed E-state index contributed by atoms with van der Waals surface area (Å²) in [6.07, 6.45) is 12.7. The van der Waals surface area contributed by atoms with Crippen molar-refractivity contribution in [2.75, 3.05) is 12.0 Å². The van der Waals surface area contributed by atoms with Gasteiger partial charge in [-0.25, -0.2) is 0 Å². The van der Waals surface area contributed by atoms with E-state index in [-0.39, 0.29) is 0 Å². The minimum atomic E-state index is 0.377. The summed E-state index contributed by atoms with van der Waals surface area (Å²) in [6, 6.07) is 0. The van der Waals surface area contributed by atoms with Gasteiger partial charge in [-0.05, 0) is 30.2 Å². The molecule has 0 aromatic carbocycles. The van der Waals surface area contributed by atoms with Crippen LogP contribution in [0.15, 0.2) is 0 Å². The smallest absolute Gasteiger partial charge is 0.184 e. The highest BCUT2D eigenvalue weighted by Gasteiger charge is 2.38. The average molecular weight is 227 g/mol. The van der Waals surface area contributed by atoms with Gasteiger partial charge >= 0.3 is 0 Å². The molecule has 2 heteroatoms. The Morgan fingerprint density at radius 3 is 2.47 bits per heavy atom. The number of hydrogen-bond acceptors (Lipinski definition) is 1. The molecule has 0 amide bonds. The molecule has 2 rings (SSSR count). The third kappa shape index (κ3) is 2.99. The van der Waals surface area contributed by atoms with Crippen LogP contribution in [0.2, 0.25) is 0 Å². The second-order valence-electron chi connectivity index (χ2n) is 5.21. The first-order valence-electron chi connectivity index (χ1n) is 6.41. The second-order valence-corrected chi connectivity index (χ2v) is 7.49. The van der Waals surface area contributed by atoms with Crippen LogP contribution in [-0.4, -0.2) is 23.0 Å². The Bertz CT molecular complexity index is 221. The van der Waals surface area contributed by atoms with E-state index in [4.69, 9.17) is 0 Å².